The van der Waals surface area contributed by atoms with Crippen molar-refractivity contribution < 1.29 is 4.79 Å². The maximum atomic E-state index is 12.3. The van der Waals surface area contributed by atoms with Crippen LogP contribution in [-0.4, -0.2) is 22.4 Å². The van der Waals surface area contributed by atoms with Crippen molar-refractivity contribution >= 4 is 17.4 Å². The van der Waals surface area contributed by atoms with Crippen LogP contribution < -0.4 is 10.6 Å². The van der Waals surface area contributed by atoms with Crippen molar-refractivity contribution in [2.75, 3.05) is 17.2 Å². The predicted octanol–water partition coefficient (Wildman–Crippen LogP) is 2.86. The van der Waals surface area contributed by atoms with E-state index in [0.29, 0.717) is 11.4 Å². The van der Waals surface area contributed by atoms with Gasteiger partial charge < -0.3 is 10.6 Å². The molecule has 2 heterocycles. The Hall–Kier alpha value is -2.43. The third-order valence-electron chi connectivity index (χ3n) is 2.79. The third-order valence-corrected chi connectivity index (χ3v) is 2.79. The van der Waals surface area contributed by atoms with Crippen molar-refractivity contribution in [3.8, 4) is 0 Å². The minimum absolute atomic E-state index is 0.191. The molecule has 0 saturated carbocycles. The van der Waals surface area contributed by atoms with Crippen molar-refractivity contribution in [3.63, 3.8) is 0 Å². The van der Waals surface area contributed by atoms with Crippen LogP contribution in [0.5, 0.6) is 0 Å². The van der Waals surface area contributed by atoms with Gasteiger partial charge in [0.25, 0.3) is 5.91 Å². The number of carbonyl (C=O) groups excluding carboxylic acids is 1. The van der Waals surface area contributed by atoms with Crippen LogP contribution >= 0.6 is 0 Å². The van der Waals surface area contributed by atoms with Crippen LogP contribution in [0.3, 0.4) is 0 Å². The van der Waals surface area contributed by atoms with Gasteiger partial charge in [0, 0.05) is 18.9 Å². The average molecular weight is 270 g/mol. The van der Waals surface area contributed by atoms with Crippen molar-refractivity contribution in [2.45, 2.75) is 20.3 Å². The number of hydrogen-bond donors (Lipinski definition) is 2. The summed E-state index contributed by atoms with van der Waals surface area (Å²) in [6.07, 6.45) is 5.92. The topological polar surface area (TPSA) is 66.9 Å². The van der Waals surface area contributed by atoms with Crippen LogP contribution in [0.4, 0.5) is 11.5 Å². The van der Waals surface area contributed by atoms with E-state index in [-0.39, 0.29) is 5.91 Å². The molecule has 5 nitrogen and oxygen atoms in total. The van der Waals surface area contributed by atoms with E-state index in [1.165, 1.54) is 0 Å². The second-order valence-electron chi connectivity index (χ2n) is 4.52. The molecule has 2 aromatic rings. The summed E-state index contributed by atoms with van der Waals surface area (Å²) in [5.74, 6) is 0.359. The lowest BCUT2D eigenvalue weighted by atomic mass is 10.2. The second kappa shape index (κ2) is 6.65. The number of rotatable bonds is 5. The Kier molecular flexibility index (Phi) is 4.65. The first-order chi connectivity index (χ1) is 9.70. The molecule has 20 heavy (non-hydrogen) atoms. The van der Waals surface area contributed by atoms with Gasteiger partial charge in [-0.2, -0.15) is 0 Å². The maximum absolute atomic E-state index is 12.3. The molecule has 0 aromatic carbocycles. The van der Waals surface area contributed by atoms with Crippen LogP contribution in [0.1, 0.15) is 29.3 Å². The highest BCUT2D eigenvalue weighted by Crippen LogP contribution is 2.15. The molecule has 2 rings (SSSR count). The summed E-state index contributed by atoms with van der Waals surface area (Å²) in [6, 6.07) is 5.41. The van der Waals surface area contributed by atoms with Gasteiger partial charge in [-0.05, 0) is 37.1 Å². The number of nitrogens with zero attached hydrogens (tertiary/aromatic N) is 2. The first kappa shape index (κ1) is 14.0. The molecule has 0 radical (unpaired) electrons. The molecule has 0 unspecified atom stereocenters. The zero-order valence-electron chi connectivity index (χ0n) is 11.7. The summed E-state index contributed by atoms with van der Waals surface area (Å²) in [6.45, 7) is 4.83. The fourth-order valence-electron chi connectivity index (χ4n) is 1.78. The molecule has 0 aliphatic heterocycles. The molecule has 0 aliphatic carbocycles. The fourth-order valence-corrected chi connectivity index (χ4v) is 1.78. The Morgan fingerprint density at radius 3 is 2.90 bits per heavy atom. The number of nitrogens with one attached hydrogen (secondary N) is 2. The molecule has 0 saturated heterocycles. The van der Waals surface area contributed by atoms with Crippen LogP contribution in [-0.2, 0) is 0 Å². The van der Waals surface area contributed by atoms with Gasteiger partial charge >= 0.3 is 0 Å². The average Bonchev–Trinajstić information content (AvgIpc) is 2.45. The summed E-state index contributed by atoms with van der Waals surface area (Å²) in [5.41, 5.74) is 2.35. The van der Waals surface area contributed by atoms with E-state index in [9.17, 15) is 4.79 Å². The van der Waals surface area contributed by atoms with E-state index >= 15 is 0 Å². The van der Waals surface area contributed by atoms with Crippen molar-refractivity contribution in [1.29, 1.82) is 0 Å². The highest BCUT2D eigenvalue weighted by molar-refractivity contribution is 6.07. The minimum atomic E-state index is -0.191. The zero-order chi connectivity index (χ0) is 14.4. The summed E-state index contributed by atoms with van der Waals surface area (Å²) in [4.78, 5) is 20.5. The maximum Gasteiger partial charge on any atom is 0.259 e. The molecular weight excluding hydrogens is 252 g/mol. The normalized spacial score (nSPS) is 10.1. The molecule has 0 spiro atoms. The quantitative estimate of drug-likeness (QED) is 0.876. The van der Waals surface area contributed by atoms with Crippen LogP contribution in [0.15, 0.2) is 36.8 Å². The lowest BCUT2D eigenvalue weighted by Gasteiger charge is -2.10. The van der Waals surface area contributed by atoms with Crippen LogP contribution in [0, 0.1) is 6.92 Å². The Bertz CT molecular complexity index is 598. The first-order valence-corrected chi connectivity index (χ1v) is 6.62. The smallest absolute Gasteiger partial charge is 0.259 e. The van der Waals surface area contributed by atoms with Gasteiger partial charge in [0.1, 0.15) is 5.82 Å². The molecule has 0 aliphatic rings. The summed E-state index contributed by atoms with van der Waals surface area (Å²) in [7, 11) is 0. The van der Waals surface area contributed by atoms with E-state index in [4.69, 9.17) is 0 Å². The van der Waals surface area contributed by atoms with E-state index in [0.717, 1.165) is 24.2 Å². The molecule has 1 amide bonds. The largest absolute Gasteiger partial charge is 0.383 e. The first-order valence-electron chi connectivity index (χ1n) is 6.62. The number of carbonyl (C=O) groups is 1. The minimum Gasteiger partial charge on any atom is -0.383 e. The summed E-state index contributed by atoms with van der Waals surface area (Å²) < 4.78 is 0. The van der Waals surface area contributed by atoms with Crippen LogP contribution in [0.25, 0.3) is 0 Å². The van der Waals surface area contributed by atoms with Crippen molar-refractivity contribution in [1.82, 2.24) is 9.97 Å². The Morgan fingerprint density at radius 1 is 1.30 bits per heavy atom. The number of aromatic nitrogens is 2. The molecular formula is C15H18N4O. The van der Waals surface area contributed by atoms with E-state index in [1.807, 2.05) is 19.1 Å². The lowest BCUT2D eigenvalue weighted by molar-refractivity contribution is 0.102. The Labute approximate surface area is 118 Å². The van der Waals surface area contributed by atoms with Gasteiger partial charge in [0.2, 0.25) is 0 Å². The zero-order valence-corrected chi connectivity index (χ0v) is 11.7. The van der Waals surface area contributed by atoms with E-state index in [2.05, 4.69) is 27.5 Å². The van der Waals surface area contributed by atoms with Gasteiger partial charge in [0.05, 0.1) is 17.4 Å². The summed E-state index contributed by atoms with van der Waals surface area (Å²) >= 11 is 0. The third kappa shape index (κ3) is 3.54. The van der Waals surface area contributed by atoms with E-state index < -0.39 is 0 Å². The second-order valence-corrected chi connectivity index (χ2v) is 4.52. The fraction of sp³-hybridized carbons (Fsp3) is 0.267. The number of hydrogen-bond acceptors (Lipinski definition) is 4. The number of amides is 1. The van der Waals surface area contributed by atoms with Gasteiger partial charge in [-0.25, -0.2) is 4.98 Å². The van der Waals surface area contributed by atoms with Gasteiger partial charge in [-0.3, -0.25) is 9.78 Å². The van der Waals surface area contributed by atoms with Crippen LogP contribution in [0.2, 0.25) is 0 Å². The molecule has 5 heteroatoms. The highest BCUT2D eigenvalue weighted by atomic mass is 16.1. The van der Waals surface area contributed by atoms with Crippen molar-refractivity contribution in [3.05, 3.63) is 47.9 Å². The standard InChI is InChI=1S/C15H18N4O/c1-3-6-17-13-10-16-7-5-12(13)15(20)19-14-9-11(2)4-8-18-14/h4-5,7-10,17H,3,6H2,1-2H3,(H,18,19,20). The molecule has 2 N–H and O–H groups in total. The lowest BCUT2D eigenvalue weighted by Crippen LogP contribution is -2.16. The van der Waals surface area contributed by atoms with Gasteiger partial charge in [0.15, 0.2) is 0 Å². The SMILES string of the molecule is CCCNc1cnccc1C(=O)Nc1cc(C)ccn1. The van der Waals surface area contributed by atoms with E-state index in [1.54, 1.807) is 24.7 Å². The molecule has 104 valence electrons. The Morgan fingerprint density at radius 2 is 2.15 bits per heavy atom. The monoisotopic (exact) mass is 270 g/mol. The molecule has 0 bridgehead atoms. The van der Waals surface area contributed by atoms with Gasteiger partial charge in [-0.15, -0.1) is 0 Å². The number of anilines is 2. The predicted molar refractivity (Wildman–Crippen MR) is 79.9 cm³/mol. The molecule has 0 fully saturated rings. The highest BCUT2D eigenvalue weighted by Gasteiger charge is 2.11. The van der Waals surface area contributed by atoms with Gasteiger partial charge in [-0.1, -0.05) is 6.92 Å². The Balaban J connectivity index is 2.16. The number of pyridine rings is 2. The molecule has 2 aromatic heterocycles. The number of aryl methyl sites for hydroxylation is 1. The van der Waals surface area contributed by atoms with Crippen molar-refractivity contribution in [2.24, 2.45) is 0 Å². The molecule has 0 atom stereocenters. The summed E-state index contributed by atoms with van der Waals surface area (Å²) in [5, 5.41) is 6.00.